The van der Waals surface area contributed by atoms with Gasteiger partial charge in [0.1, 0.15) is 11.2 Å². The third kappa shape index (κ3) is 3.52. The van der Waals surface area contributed by atoms with Crippen LogP contribution in [0.15, 0.2) is 24.3 Å². The van der Waals surface area contributed by atoms with E-state index in [9.17, 15) is 9.59 Å². The molecule has 0 saturated heterocycles. The Morgan fingerprint density at radius 2 is 1.81 bits per heavy atom. The van der Waals surface area contributed by atoms with Gasteiger partial charge in [-0.15, -0.1) is 0 Å². The van der Waals surface area contributed by atoms with E-state index < -0.39 is 5.41 Å². The number of rotatable bonds is 7. The molecule has 0 atom stereocenters. The second kappa shape index (κ2) is 6.58. The van der Waals surface area contributed by atoms with E-state index in [4.69, 9.17) is 9.47 Å². The second-order valence-corrected chi connectivity index (χ2v) is 5.01. The van der Waals surface area contributed by atoms with Crippen LogP contribution in [0.2, 0.25) is 0 Å². The fourth-order valence-electron chi connectivity index (χ4n) is 2.04. The lowest BCUT2D eigenvalue weighted by molar-refractivity contribution is -0.134. The maximum Gasteiger partial charge on any atom is 0.240 e. The highest BCUT2D eigenvalue weighted by Crippen LogP contribution is 2.46. The van der Waals surface area contributed by atoms with Crippen LogP contribution in [0.25, 0.3) is 0 Å². The van der Waals surface area contributed by atoms with Crippen molar-refractivity contribution in [3.63, 3.8) is 0 Å². The number of methoxy groups -OCH3 is 2. The molecule has 1 fully saturated rings. The molecule has 0 bridgehead atoms. The number of anilines is 1. The molecule has 0 radical (unpaired) electrons. The molecule has 1 aromatic rings. The van der Waals surface area contributed by atoms with Crippen LogP contribution >= 0.6 is 0 Å². The summed E-state index contributed by atoms with van der Waals surface area (Å²) in [7, 11) is 3.15. The molecular weight excluding hydrogens is 272 g/mol. The topological polar surface area (TPSA) is 76.7 Å². The van der Waals surface area contributed by atoms with Gasteiger partial charge in [0.25, 0.3) is 0 Å². The van der Waals surface area contributed by atoms with E-state index in [1.165, 1.54) is 0 Å². The third-order valence-electron chi connectivity index (χ3n) is 3.56. The standard InChI is InChI=1S/C15H20N2O4/c1-20-10-9-16-13(18)15(7-8-15)14(19)17-11-3-5-12(21-2)6-4-11/h3-6H,7-10H2,1-2H3,(H,16,18)(H,17,19). The Kier molecular flexibility index (Phi) is 4.80. The fraction of sp³-hybridized carbons (Fsp3) is 0.467. The molecule has 114 valence electrons. The molecule has 1 saturated carbocycles. The van der Waals surface area contributed by atoms with Gasteiger partial charge in [0.2, 0.25) is 11.8 Å². The minimum atomic E-state index is -0.923. The number of benzene rings is 1. The predicted octanol–water partition coefficient (Wildman–Crippen LogP) is 1.18. The first kappa shape index (κ1) is 15.3. The maximum atomic E-state index is 12.3. The van der Waals surface area contributed by atoms with Gasteiger partial charge in [0, 0.05) is 19.3 Å². The first-order chi connectivity index (χ1) is 10.1. The lowest BCUT2D eigenvalue weighted by Gasteiger charge is -2.15. The molecule has 1 aliphatic carbocycles. The molecule has 0 heterocycles. The predicted molar refractivity (Wildman–Crippen MR) is 78.2 cm³/mol. The SMILES string of the molecule is COCCNC(=O)C1(C(=O)Nc2ccc(OC)cc2)CC1. The monoisotopic (exact) mass is 292 g/mol. The Bertz CT molecular complexity index is 509. The van der Waals surface area contributed by atoms with Crippen molar-refractivity contribution in [2.75, 3.05) is 32.7 Å². The highest BCUT2D eigenvalue weighted by Gasteiger charge is 2.56. The number of nitrogens with one attached hydrogen (secondary N) is 2. The number of hydrogen-bond acceptors (Lipinski definition) is 4. The average molecular weight is 292 g/mol. The van der Waals surface area contributed by atoms with Gasteiger partial charge >= 0.3 is 0 Å². The summed E-state index contributed by atoms with van der Waals surface area (Å²) < 4.78 is 9.93. The van der Waals surface area contributed by atoms with Crippen LogP contribution in [0.3, 0.4) is 0 Å². The largest absolute Gasteiger partial charge is 0.497 e. The number of hydrogen-bond donors (Lipinski definition) is 2. The van der Waals surface area contributed by atoms with Crippen molar-refractivity contribution in [3.8, 4) is 5.75 Å². The Morgan fingerprint density at radius 1 is 1.14 bits per heavy atom. The molecule has 0 aromatic heterocycles. The van der Waals surface area contributed by atoms with E-state index in [0.29, 0.717) is 37.4 Å². The molecular formula is C15H20N2O4. The summed E-state index contributed by atoms with van der Waals surface area (Å²) in [5.74, 6) is 0.222. The highest BCUT2D eigenvalue weighted by molar-refractivity contribution is 6.13. The van der Waals surface area contributed by atoms with Crippen LogP contribution in [0, 0.1) is 5.41 Å². The molecule has 1 aliphatic rings. The van der Waals surface area contributed by atoms with Gasteiger partial charge in [-0.3, -0.25) is 9.59 Å². The van der Waals surface area contributed by atoms with Crippen LogP contribution in [0.5, 0.6) is 5.75 Å². The third-order valence-corrected chi connectivity index (χ3v) is 3.56. The Labute approximate surface area is 123 Å². The Hall–Kier alpha value is -2.08. The van der Waals surface area contributed by atoms with Crippen LogP contribution in [0.4, 0.5) is 5.69 Å². The van der Waals surface area contributed by atoms with E-state index in [2.05, 4.69) is 10.6 Å². The van der Waals surface area contributed by atoms with Crippen molar-refractivity contribution < 1.29 is 19.1 Å². The number of ether oxygens (including phenoxy) is 2. The quantitative estimate of drug-likeness (QED) is 0.584. The minimum absolute atomic E-state index is 0.231. The fourth-order valence-corrected chi connectivity index (χ4v) is 2.04. The van der Waals surface area contributed by atoms with Gasteiger partial charge in [-0.05, 0) is 37.1 Å². The van der Waals surface area contributed by atoms with Crippen LogP contribution in [0.1, 0.15) is 12.8 Å². The number of carbonyl (C=O) groups is 2. The summed E-state index contributed by atoms with van der Waals surface area (Å²) in [4.78, 5) is 24.4. The molecule has 1 aromatic carbocycles. The zero-order chi connectivity index (χ0) is 15.3. The van der Waals surface area contributed by atoms with Gasteiger partial charge in [-0.2, -0.15) is 0 Å². The van der Waals surface area contributed by atoms with Crippen molar-refractivity contribution in [1.29, 1.82) is 0 Å². The second-order valence-electron chi connectivity index (χ2n) is 5.01. The molecule has 6 nitrogen and oxygen atoms in total. The minimum Gasteiger partial charge on any atom is -0.497 e. The molecule has 0 unspecified atom stereocenters. The summed E-state index contributed by atoms with van der Waals surface area (Å²) in [5.41, 5.74) is -0.273. The first-order valence-electron chi connectivity index (χ1n) is 6.85. The number of amides is 2. The van der Waals surface area contributed by atoms with E-state index in [1.54, 1.807) is 38.5 Å². The zero-order valence-electron chi connectivity index (χ0n) is 12.3. The first-order valence-corrected chi connectivity index (χ1v) is 6.85. The van der Waals surface area contributed by atoms with E-state index in [1.807, 2.05) is 0 Å². The molecule has 0 aliphatic heterocycles. The molecule has 21 heavy (non-hydrogen) atoms. The lowest BCUT2D eigenvalue weighted by Crippen LogP contribution is -2.41. The summed E-state index contributed by atoms with van der Waals surface area (Å²) in [6, 6.07) is 7.01. The summed E-state index contributed by atoms with van der Waals surface area (Å²) >= 11 is 0. The molecule has 2 rings (SSSR count). The summed E-state index contributed by atoms with van der Waals surface area (Å²) in [6.45, 7) is 0.842. The highest BCUT2D eigenvalue weighted by atomic mass is 16.5. The van der Waals surface area contributed by atoms with Gasteiger partial charge in [-0.25, -0.2) is 0 Å². The van der Waals surface area contributed by atoms with E-state index >= 15 is 0 Å². The molecule has 2 N–H and O–H groups in total. The van der Waals surface area contributed by atoms with Gasteiger partial charge in [0.05, 0.1) is 13.7 Å². The smallest absolute Gasteiger partial charge is 0.240 e. The molecule has 0 spiro atoms. The molecule has 2 amide bonds. The van der Waals surface area contributed by atoms with E-state index in [0.717, 1.165) is 0 Å². The molecule has 6 heteroatoms. The van der Waals surface area contributed by atoms with Crippen LogP contribution in [-0.2, 0) is 14.3 Å². The normalized spacial score (nSPS) is 15.1. The maximum absolute atomic E-state index is 12.3. The number of carbonyl (C=O) groups excluding carboxylic acids is 2. The van der Waals surface area contributed by atoms with E-state index in [-0.39, 0.29) is 11.8 Å². The van der Waals surface area contributed by atoms with Crippen molar-refractivity contribution in [2.45, 2.75) is 12.8 Å². The average Bonchev–Trinajstić information content (AvgIpc) is 3.30. The van der Waals surface area contributed by atoms with Gasteiger partial charge in [0.15, 0.2) is 0 Å². The lowest BCUT2D eigenvalue weighted by atomic mass is 10.1. The van der Waals surface area contributed by atoms with Crippen molar-refractivity contribution in [1.82, 2.24) is 5.32 Å². The summed E-state index contributed by atoms with van der Waals surface area (Å²) in [6.07, 6.45) is 1.15. The van der Waals surface area contributed by atoms with Gasteiger partial charge in [-0.1, -0.05) is 0 Å². The van der Waals surface area contributed by atoms with Crippen molar-refractivity contribution >= 4 is 17.5 Å². The zero-order valence-corrected chi connectivity index (χ0v) is 12.3. The van der Waals surface area contributed by atoms with Crippen molar-refractivity contribution in [3.05, 3.63) is 24.3 Å². The van der Waals surface area contributed by atoms with Crippen LogP contribution in [-0.4, -0.2) is 39.2 Å². The summed E-state index contributed by atoms with van der Waals surface area (Å²) in [5, 5.41) is 5.51. The Balaban J connectivity index is 1.93. The van der Waals surface area contributed by atoms with Crippen molar-refractivity contribution in [2.24, 2.45) is 5.41 Å². The Morgan fingerprint density at radius 3 is 2.33 bits per heavy atom. The van der Waals surface area contributed by atoms with Crippen LogP contribution < -0.4 is 15.4 Å². The van der Waals surface area contributed by atoms with Gasteiger partial charge < -0.3 is 20.1 Å².